The van der Waals surface area contributed by atoms with Crippen molar-refractivity contribution in [3.63, 3.8) is 0 Å². The zero-order valence-electron chi connectivity index (χ0n) is 11.4. The van der Waals surface area contributed by atoms with Crippen molar-refractivity contribution in [2.45, 2.75) is 38.9 Å². The van der Waals surface area contributed by atoms with E-state index in [0.717, 1.165) is 19.7 Å². The summed E-state index contributed by atoms with van der Waals surface area (Å²) in [6.45, 7) is 9.25. The fraction of sp³-hybridized carbons (Fsp3) is 0.500. The monoisotopic (exact) mass is 243 g/mol. The van der Waals surface area contributed by atoms with Crippen molar-refractivity contribution in [2.24, 2.45) is 0 Å². The minimum absolute atomic E-state index is 0.0173. The molecule has 2 aliphatic heterocycles. The van der Waals surface area contributed by atoms with Crippen LogP contribution in [0.2, 0.25) is 0 Å². The summed E-state index contributed by atoms with van der Waals surface area (Å²) in [6.07, 6.45) is 2.26. The van der Waals surface area contributed by atoms with Gasteiger partial charge < -0.3 is 10.1 Å². The van der Waals surface area contributed by atoms with Gasteiger partial charge in [0.2, 0.25) is 0 Å². The molecule has 1 aromatic carbocycles. The van der Waals surface area contributed by atoms with Crippen LogP contribution in [-0.4, -0.2) is 18.7 Å². The summed E-state index contributed by atoms with van der Waals surface area (Å²) in [7, 11) is 0. The zero-order chi connectivity index (χ0) is 12.8. The number of nitrogens with one attached hydrogen (secondary N) is 1. The second-order valence-corrected chi connectivity index (χ2v) is 5.92. The van der Waals surface area contributed by atoms with Crippen LogP contribution in [0.15, 0.2) is 23.8 Å². The smallest absolute Gasteiger partial charge is 0.0863 e. The summed E-state index contributed by atoms with van der Waals surface area (Å²) in [5, 5.41) is 3.47. The van der Waals surface area contributed by atoms with Crippen molar-refractivity contribution in [1.29, 1.82) is 0 Å². The lowest BCUT2D eigenvalue weighted by atomic mass is 9.80. The van der Waals surface area contributed by atoms with Gasteiger partial charge in [0.1, 0.15) is 0 Å². The van der Waals surface area contributed by atoms with Crippen molar-refractivity contribution in [3.05, 3.63) is 40.5 Å². The minimum Gasteiger partial charge on any atom is -0.369 e. The topological polar surface area (TPSA) is 21.3 Å². The second kappa shape index (κ2) is 4.22. The van der Waals surface area contributed by atoms with Crippen LogP contribution >= 0.6 is 0 Å². The van der Waals surface area contributed by atoms with Gasteiger partial charge in [-0.2, -0.15) is 0 Å². The van der Waals surface area contributed by atoms with Crippen LogP contribution in [0.4, 0.5) is 0 Å². The van der Waals surface area contributed by atoms with E-state index in [1.54, 1.807) is 0 Å². The van der Waals surface area contributed by atoms with E-state index in [1.165, 1.54) is 22.3 Å². The third kappa shape index (κ3) is 1.80. The summed E-state index contributed by atoms with van der Waals surface area (Å²) in [5.74, 6) is 0.492. The molecular formula is C16H21NO. The molecule has 0 aliphatic carbocycles. The predicted molar refractivity (Wildman–Crippen MR) is 74.6 cm³/mol. The van der Waals surface area contributed by atoms with Gasteiger partial charge in [0, 0.05) is 19.0 Å². The molecule has 0 unspecified atom stereocenters. The molecule has 0 bridgehead atoms. The van der Waals surface area contributed by atoms with E-state index in [4.69, 9.17) is 4.74 Å². The molecule has 2 nitrogen and oxygen atoms in total. The first-order valence-corrected chi connectivity index (χ1v) is 6.71. The molecular weight excluding hydrogens is 222 g/mol. The Kier molecular flexibility index (Phi) is 2.80. The number of hydrogen-bond donors (Lipinski definition) is 1. The van der Waals surface area contributed by atoms with Gasteiger partial charge in [-0.3, -0.25) is 0 Å². The molecule has 0 saturated carbocycles. The third-order valence-electron chi connectivity index (χ3n) is 4.18. The molecule has 0 radical (unpaired) electrons. The van der Waals surface area contributed by atoms with Crippen molar-refractivity contribution in [3.8, 4) is 0 Å². The molecule has 1 aromatic rings. The Morgan fingerprint density at radius 1 is 1.44 bits per heavy atom. The number of hydrogen-bond acceptors (Lipinski definition) is 2. The van der Waals surface area contributed by atoms with E-state index >= 15 is 0 Å². The van der Waals surface area contributed by atoms with Crippen LogP contribution in [0.3, 0.4) is 0 Å². The maximum absolute atomic E-state index is 6.15. The van der Waals surface area contributed by atoms with Gasteiger partial charge in [0.25, 0.3) is 0 Å². The number of ether oxygens (including phenoxy) is 1. The van der Waals surface area contributed by atoms with Gasteiger partial charge in [0.15, 0.2) is 0 Å². The summed E-state index contributed by atoms with van der Waals surface area (Å²) < 4.78 is 6.15. The van der Waals surface area contributed by atoms with Crippen molar-refractivity contribution >= 4 is 6.08 Å². The van der Waals surface area contributed by atoms with Crippen LogP contribution in [-0.2, 0) is 11.3 Å². The first-order chi connectivity index (χ1) is 8.60. The Balaban J connectivity index is 2.09. The number of fused-ring (bicyclic) bond motifs is 3. The SMILES string of the molecule is CC(C)=Cc1cccc2c1CO[C@@]1(C)CNC[C@@H]21. The summed E-state index contributed by atoms with van der Waals surface area (Å²) >= 11 is 0. The Labute approximate surface area is 109 Å². The molecule has 3 rings (SSSR count). The van der Waals surface area contributed by atoms with Gasteiger partial charge in [-0.25, -0.2) is 0 Å². The molecule has 0 aromatic heterocycles. The van der Waals surface area contributed by atoms with Gasteiger partial charge in [0.05, 0.1) is 12.2 Å². The van der Waals surface area contributed by atoms with Crippen molar-refractivity contribution in [2.75, 3.05) is 13.1 Å². The van der Waals surface area contributed by atoms with Gasteiger partial charge in [-0.05, 0) is 37.5 Å². The van der Waals surface area contributed by atoms with E-state index in [2.05, 4.69) is 50.4 Å². The highest BCUT2D eigenvalue weighted by molar-refractivity contribution is 5.59. The molecule has 2 atom stereocenters. The lowest BCUT2D eigenvalue weighted by Crippen LogP contribution is -2.39. The van der Waals surface area contributed by atoms with Gasteiger partial charge >= 0.3 is 0 Å². The van der Waals surface area contributed by atoms with E-state index in [-0.39, 0.29) is 5.60 Å². The van der Waals surface area contributed by atoms with Crippen LogP contribution in [0, 0.1) is 0 Å². The van der Waals surface area contributed by atoms with E-state index in [9.17, 15) is 0 Å². The quantitative estimate of drug-likeness (QED) is 0.818. The molecule has 2 heterocycles. The molecule has 1 saturated heterocycles. The Hall–Kier alpha value is -1.12. The molecule has 0 spiro atoms. The zero-order valence-corrected chi connectivity index (χ0v) is 11.4. The first-order valence-electron chi connectivity index (χ1n) is 6.71. The van der Waals surface area contributed by atoms with Crippen molar-refractivity contribution in [1.82, 2.24) is 5.32 Å². The molecule has 0 amide bonds. The highest BCUT2D eigenvalue weighted by atomic mass is 16.5. The van der Waals surface area contributed by atoms with E-state index in [1.807, 2.05) is 0 Å². The number of rotatable bonds is 1. The lowest BCUT2D eigenvalue weighted by molar-refractivity contribution is -0.0518. The molecule has 18 heavy (non-hydrogen) atoms. The normalized spacial score (nSPS) is 29.6. The predicted octanol–water partition coefficient (Wildman–Crippen LogP) is 3.09. The molecule has 1 N–H and O–H groups in total. The van der Waals surface area contributed by atoms with Crippen LogP contribution in [0.5, 0.6) is 0 Å². The standard InChI is InChI=1S/C16H21NO/c1-11(2)7-12-5-4-6-13-14(12)9-18-16(3)10-17-8-15(13)16/h4-7,15,17H,8-10H2,1-3H3/t15-,16-/m0/s1. The van der Waals surface area contributed by atoms with Gasteiger partial charge in [-0.1, -0.05) is 29.8 Å². The average molecular weight is 243 g/mol. The molecule has 1 fully saturated rings. The maximum atomic E-state index is 6.15. The Morgan fingerprint density at radius 2 is 2.28 bits per heavy atom. The number of benzene rings is 1. The summed E-state index contributed by atoms with van der Waals surface area (Å²) in [4.78, 5) is 0. The minimum atomic E-state index is -0.0173. The summed E-state index contributed by atoms with van der Waals surface area (Å²) in [6, 6.07) is 6.65. The third-order valence-corrected chi connectivity index (χ3v) is 4.18. The Morgan fingerprint density at radius 3 is 3.06 bits per heavy atom. The lowest BCUT2D eigenvalue weighted by Gasteiger charge is -2.37. The largest absolute Gasteiger partial charge is 0.369 e. The van der Waals surface area contributed by atoms with Crippen molar-refractivity contribution < 1.29 is 4.74 Å². The second-order valence-electron chi connectivity index (χ2n) is 5.92. The average Bonchev–Trinajstić information content (AvgIpc) is 2.70. The van der Waals surface area contributed by atoms with Gasteiger partial charge in [-0.15, -0.1) is 0 Å². The van der Waals surface area contributed by atoms with Crippen LogP contribution in [0.25, 0.3) is 6.08 Å². The maximum Gasteiger partial charge on any atom is 0.0863 e. The van der Waals surface area contributed by atoms with E-state index in [0.29, 0.717) is 5.92 Å². The fourth-order valence-corrected chi connectivity index (χ4v) is 3.19. The highest BCUT2D eigenvalue weighted by Crippen LogP contribution is 2.42. The fourth-order valence-electron chi connectivity index (χ4n) is 3.19. The van der Waals surface area contributed by atoms with Crippen LogP contribution < -0.4 is 5.32 Å². The first kappa shape index (κ1) is 11.9. The highest BCUT2D eigenvalue weighted by Gasteiger charge is 2.44. The number of allylic oxidation sites excluding steroid dienone is 1. The molecule has 2 heteroatoms. The molecule has 2 aliphatic rings. The summed E-state index contributed by atoms with van der Waals surface area (Å²) in [5.41, 5.74) is 5.49. The molecule has 96 valence electrons. The van der Waals surface area contributed by atoms with Crippen LogP contribution in [0.1, 0.15) is 43.4 Å². The van der Waals surface area contributed by atoms with E-state index < -0.39 is 0 Å². The Bertz CT molecular complexity index is 502.